The summed E-state index contributed by atoms with van der Waals surface area (Å²) in [4.78, 5) is 15.3. The van der Waals surface area contributed by atoms with Gasteiger partial charge in [0, 0.05) is 49.6 Å². The summed E-state index contributed by atoms with van der Waals surface area (Å²) in [6.07, 6.45) is 4.95. The lowest BCUT2D eigenvalue weighted by Crippen LogP contribution is -2.42. The summed E-state index contributed by atoms with van der Waals surface area (Å²) in [6, 6.07) is 11.3. The third-order valence-electron chi connectivity index (χ3n) is 9.14. The number of hydrogen-bond donors (Lipinski definition) is 0. The minimum absolute atomic E-state index is 0.0155. The van der Waals surface area contributed by atoms with E-state index in [9.17, 15) is 17.6 Å². The molecule has 276 valence electrons. The van der Waals surface area contributed by atoms with Crippen molar-refractivity contribution in [2.75, 3.05) is 25.1 Å². The average Bonchev–Trinajstić information content (AvgIpc) is 3.76. The molecule has 0 spiro atoms. The maximum absolute atomic E-state index is 13.6. The standard InChI is InChI=1S/C25H29F2N5O2.C11H10BrF2N3O/c1-15(2)32-25(34-19-6-7-21(26)22(27)11-19)29-23(30-32)12-20-16-4-5-17(20)14-31(13-16)18-8-9-28-24(10-18)33-3;1-6(2)17-11(15-10(12)16-17)18-7-3-4-8(13)9(14)5-7/h6-11,15-17,20H,4-5,12-14H2,1-3H3;3-6H,1-2H3/t16-,17+,20?;. The van der Waals surface area contributed by atoms with Crippen LogP contribution in [0.4, 0.5) is 23.2 Å². The maximum Gasteiger partial charge on any atom is 0.321 e. The lowest BCUT2D eigenvalue weighted by Gasteiger charge is -2.39. The zero-order valence-electron chi connectivity index (χ0n) is 29.3. The van der Waals surface area contributed by atoms with Gasteiger partial charge in [0.25, 0.3) is 0 Å². The van der Waals surface area contributed by atoms with Gasteiger partial charge in [-0.25, -0.2) is 31.9 Å². The Bertz CT molecular complexity index is 1990. The van der Waals surface area contributed by atoms with Gasteiger partial charge in [0.05, 0.1) is 19.2 Å². The van der Waals surface area contributed by atoms with Gasteiger partial charge in [-0.05, 0) is 105 Å². The number of hydrogen-bond acceptors (Lipinski definition) is 9. The molecule has 0 N–H and O–H groups in total. The number of benzene rings is 2. The molecule has 11 nitrogen and oxygen atoms in total. The van der Waals surface area contributed by atoms with E-state index in [1.54, 1.807) is 18.0 Å². The lowest BCUT2D eigenvalue weighted by atomic mass is 9.82. The fourth-order valence-corrected chi connectivity index (χ4v) is 6.95. The Hall–Kier alpha value is -4.73. The topological polar surface area (TPSA) is 105 Å². The van der Waals surface area contributed by atoms with Crippen LogP contribution in [0, 0.1) is 41.0 Å². The molecule has 16 heteroatoms. The summed E-state index contributed by atoms with van der Waals surface area (Å²) in [5.74, 6) is -0.434. The molecule has 1 saturated carbocycles. The first kappa shape index (κ1) is 37.0. The average molecular weight is 788 g/mol. The molecule has 1 saturated heterocycles. The van der Waals surface area contributed by atoms with E-state index in [2.05, 4.69) is 40.9 Å². The summed E-state index contributed by atoms with van der Waals surface area (Å²) < 4.78 is 72.8. The van der Waals surface area contributed by atoms with Crippen LogP contribution in [-0.4, -0.2) is 54.7 Å². The SMILES string of the molecule is CC(C)n1nc(Br)nc1Oc1ccc(F)c(F)c1.COc1cc(N2C[C@H]3CC[C@@H](C2)C3Cc2nc(Oc3ccc(F)c(F)c3)n(C(C)C)n2)ccn1. The molecule has 2 aliphatic rings. The molecule has 3 aromatic heterocycles. The Morgan fingerprint density at radius 3 is 1.85 bits per heavy atom. The number of ether oxygens (including phenoxy) is 3. The van der Waals surface area contributed by atoms with Crippen LogP contribution in [0.3, 0.4) is 0 Å². The van der Waals surface area contributed by atoms with E-state index in [0.29, 0.717) is 34.4 Å². The highest BCUT2D eigenvalue weighted by atomic mass is 79.9. The van der Waals surface area contributed by atoms with Gasteiger partial charge in [-0.1, -0.05) is 0 Å². The van der Waals surface area contributed by atoms with E-state index in [1.165, 1.54) is 29.7 Å². The van der Waals surface area contributed by atoms with Crippen molar-refractivity contribution >= 4 is 21.6 Å². The molecular weight excluding hydrogens is 748 g/mol. The van der Waals surface area contributed by atoms with Crippen LogP contribution in [0.2, 0.25) is 0 Å². The summed E-state index contributed by atoms with van der Waals surface area (Å²) in [7, 11) is 1.63. The second-order valence-electron chi connectivity index (χ2n) is 13.3. The van der Waals surface area contributed by atoms with E-state index in [0.717, 1.165) is 55.3 Å². The van der Waals surface area contributed by atoms with Crippen molar-refractivity contribution in [1.82, 2.24) is 34.5 Å². The largest absolute Gasteiger partial charge is 0.481 e. The predicted octanol–water partition coefficient (Wildman–Crippen LogP) is 8.73. The Morgan fingerprint density at radius 1 is 0.750 bits per heavy atom. The van der Waals surface area contributed by atoms with Crippen molar-refractivity contribution < 1.29 is 31.8 Å². The second kappa shape index (κ2) is 15.9. The van der Waals surface area contributed by atoms with Gasteiger partial charge in [-0.3, -0.25) is 0 Å². The number of aromatic nitrogens is 7. The molecule has 52 heavy (non-hydrogen) atoms. The molecule has 7 rings (SSSR count). The highest BCUT2D eigenvalue weighted by Crippen LogP contribution is 2.45. The van der Waals surface area contributed by atoms with Crippen LogP contribution in [-0.2, 0) is 6.42 Å². The summed E-state index contributed by atoms with van der Waals surface area (Å²) in [6.45, 7) is 9.75. The van der Waals surface area contributed by atoms with Crippen molar-refractivity contribution in [3.05, 3.63) is 88.6 Å². The third-order valence-corrected chi connectivity index (χ3v) is 9.47. The molecule has 1 aliphatic carbocycles. The van der Waals surface area contributed by atoms with Crippen LogP contribution >= 0.6 is 15.9 Å². The molecule has 1 aliphatic heterocycles. The number of methoxy groups -OCH3 is 1. The number of pyridine rings is 1. The molecular formula is C36H39BrF4N8O3. The van der Waals surface area contributed by atoms with E-state index >= 15 is 0 Å². The summed E-state index contributed by atoms with van der Waals surface area (Å²) in [5, 5.41) is 8.79. The molecule has 2 fully saturated rings. The zero-order valence-corrected chi connectivity index (χ0v) is 30.9. The van der Waals surface area contributed by atoms with Crippen molar-refractivity contribution in [2.24, 2.45) is 17.8 Å². The molecule has 4 heterocycles. The quantitative estimate of drug-likeness (QED) is 0.129. The number of anilines is 1. The van der Waals surface area contributed by atoms with E-state index in [4.69, 9.17) is 19.3 Å². The molecule has 0 amide bonds. The van der Waals surface area contributed by atoms with Gasteiger partial charge in [0.15, 0.2) is 29.1 Å². The van der Waals surface area contributed by atoms with Crippen molar-refractivity contribution in [3.8, 4) is 29.4 Å². The monoisotopic (exact) mass is 786 g/mol. The maximum atomic E-state index is 13.6. The van der Waals surface area contributed by atoms with Crippen LogP contribution < -0.4 is 19.1 Å². The first-order valence-electron chi connectivity index (χ1n) is 17.0. The van der Waals surface area contributed by atoms with Crippen LogP contribution in [0.1, 0.15) is 58.4 Å². The molecule has 2 bridgehead atoms. The number of nitrogens with zero attached hydrogens (tertiary/aromatic N) is 8. The summed E-state index contributed by atoms with van der Waals surface area (Å²) in [5.41, 5.74) is 1.15. The Balaban J connectivity index is 0.000000217. The number of rotatable bonds is 10. The van der Waals surface area contributed by atoms with Gasteiger partial charge in [0.2, 0.25) is 10.6 Å². The van der Waals surface area contributed by atoms with Crippen LogP contribution in [0.5, 0.6) is 29.4 Å². The fraction of sp³-hybridized carbons (Fsp3) is 0.417. The molecule has 2 aromatic carbocycles. The van der Waals surface area contributed by atoms with Crippen LogP contribution in [0.25, 0.3) is 0 Å². The first-order chi connectivity index (χ1) is 24.9. The number of fused-ring (bicyclic) bond motifs is 2. The minimum Gasteiger partial charge on any atom is -0.481 e. The molecule has 1 unspecified atom stereocenters. The normalized spacial score (nSPS) is 18.1. The predicted molar refractivity (Wildman–Crippen MR) is 188 cm³/mol. The summed E-state index contributed by atoms with van der Waals surface area (Å²) >= 11 is 3.13. The highest BCUT2D eigenvalue weighted by molar-refractivity contribution is 9.10. The molecule has 5 aromatic rings. The number of piperidine rings is 1. The Labute approximate surface area is 307 Å². The zero-order chi connectivity index (χ0) is 37.1. The molecule has 3 atom stereocenters. The van der Waals surface area contributed by atoms with Gasteiger partial charge < -0.3 is 19.1 Å². The van der Waals surface area contributed by atoms with Crippen molar-refractivity contribution in [3.63, 3.8) is 0 Å². The van der Waals surface area contributed by atoms with Gasteiger partial charge in [-0.15, -0.1) is 5.10 Å². The van der Waals surface area contributed by atoms with Gasteiger partial charge in [0.1, 0.15) is 11.5 Å². The molecule has 0 radical (unpaired) electrons. The van der Waals surface area contributed by atoms with Crippen molar-refractivity contribution in [1.29, 1.82) is 0 Å². The second-order valence-corrected chi connectivity index (χ2v) is 14.0. The van der Waals surface area contributed by atoms with E-state index in [1.807, 2.05) is 39.8 Å². The lowest BCUT2D eigenvalue weighted by molar-refractivity contribution is 0.265. The smallest absolute Gasteiger partial charge is 0.321 e. The minimum atomic E-state index is -0.970. The number of halogens is 5. The Kier molecular flexibility index (Phi) is 11.3. The Morgan fingerprint density at radius 2 is 1.31 bits per heavy atom. The van der Waals surface area contributed by atoms with Gasteiger partial charge >= 0.3 is 12.0 Å². The first-order valence-corrected chi connectivity index (χ1v) is 17.8. The van der Waals surface area contributed by atoms with Gasteiger partial charge in [-0.2, -0.15) is 15.1 Å². The van der Waals surface area contributed by atoms with Crippen molar-refractivity contribution in [2.45, 2.75) is 59.0 Å². The fourth-order valence-electron chi connectivity index (χ4n) is 6.62. The third kappa shape index (κ3) is 8.48. The highest BCUT2D eigenvalue weighted by Gasteiger charge is 2.42. The van der Waals surface area contributed by atoms with E-state index in [-0.39, 0.29) is 29.6 Å². The van der Waals surface area contributed by atoms with E-state index < -0.39 is 23.3 Å². The van der Waals surface area contributed by atoms with Crippen LogP contribution in [0.15, 0.2) is 59.5 Å².